The minimum atomic E-state index is -0.608. The Morgan fingerprint density at radius 1 is 1.45 bits per heavy atom. The van der Waals surface area contributed by atoms with Crippen molar-refractivity contribution in [3.05, 3.63) is 36.7 Å². The van der Waals surface area contributed by atoms with Crippen molar-refractivity contribution in [2.24, 2.45) is 11.7 Å². The van der Waals surface area contributed by atoms with Gasteiger partial charge in [-0.15, -0.1) is 12.4 Å². The lowest BCUT2D eigenvalue weighted by atomic mass is 10.0. The van der Waals surface area contributed by atoms with Crippen molar-refractivity contribution in [2.45, 2.75) is 26.3 Å². The van der Waals surface area contributed by atoms with Crippen LogP contribution in [0.2, 0.25) is 0 Å². The number of amides is 1. The first-order valence-corrected chi connectivity index (χ1v) is 6.68. The summed E-state index contributed by atoms with van der Waals surface area (Å²) in [4.78, 5) is 15.6. The average Bonchev–Trinajstić information content (AvgIpc) is 2.91. The number of nitrogens with two attached hydrogens (primary N) is 1. The first kappa shape index (κ1) is 18.1. The molecule has 2 rings (SSSR count). The fraction of sp³-hybridized carbons (Fsp3) is 0.357. The fourth-order valence-corrected chi connectivity index (χ4v) is 1.95. The summed E-state index contributed by atoms with van der Waals surface area (Å²) in [6.07, 6.45) is 3.29. The van der Waals surface area contributed by atoms with E-state index >= 15 is 0 Å². The SMILES string of the molecule is CC(C)C[C@H](N)C(=O)Nc1ccc(-n2cncn2)c(F)c1.Cl. The molecule has 0 saturated heterocycles. The molecule has 1 atom stereocenters. The first-order valence-electron chi connectivity index (χ1n) is 6.68. The van der Waals surface area contributed by atoms with Crippen LogP contribution in [0.5, 0.6) is 0 Å². The van der Waals surface area contributed by atoms with Crippen molar-refractivity contribution >= 4 is 24.0 Å². The van der Waals surface area contributed by atoms with Crippen molar-refractivity contribution in [1.29, 1.82) is 0 Å². The van der Waals surface area contributed by atoms with Crippen LogP contribution >= 0.6 is 12.4 Å². The zero-order chi connectivity index (χ0) is 15.4. The third kappa shape index (κ3) is 4.51. The van der Waals surface area contributed by atoms with Crippen LogP contribution in [-0.4, -0.2) is 26.7 Å². The van der Waals surface area contributed by atoms with Crippen LogP contribution < -0.4 is 11.1 Å². The van der Waals surface area contributed by atoms with E-state index in [0.717, 1.165) is 0 Å². The van der Waals surface area contributed by atoms with Gasteiger partial charge in [0.15, 0.2) is 5.82 Å². The molecule has 1 heterocycles. The van der Waals surface area contributed by atoms with Crippen molar-refractivity contribution in [1.82, 2.24) is 14.8 Å². The van der Waals surface area contributed by atoms with E-state index in [2.05, 4.69) is 15.4 Å². The number of anilines is 1. The molecular formula is C14H19ClFN5O. The molecule has 120 valence electrons. The van der Waals surface area contributed by atoms with Crippen LogP contribution in [0.15, 0.2) is 30.9 Å². The van der Waals surface area contributed by atoms with Crippen molar-refractivity contribution in [2.75, 3.05) is 5.32 Å². The van der Waals surface area contributed by atoms with Gasteiger partial charge in [-0.1, -0.05) is 13.8 Å². The lowest BCUT2D eigenvalue weighted by molar-refractivity contribution is -0.117. The normalized spacial score (nSPS) is 11.9. The van der Waals surface area contributed by atoms with Gasteiger partial charge in [-0.25, -0.2) is 14.1 Å². The number of halogens is 2. The first-order chi connectivity index (χ1) is 9.97. The van der Waals surface area contributed by atoms with E-state index < -0.39 is 11.9 Å². The third-order valence-corrected chi connectivity index (χ3v) is 2.94. The van der Waals surface area contributed by atoms with Gasteiger partial charge in [0, 0.05) is 5.69 Å². The maximum atomic E-state index is 14.0. The zero-order valence-electron chi connectivity index (χ0n) is 12.4. The molecule has 0 aliphatic carbocycles. The van der Waals surface area contributed by atoms with Gasteiger partial charge >= 0.3 is 0 Å². The predicted molar refractivity (Wildman–Crippen MR) is 84.6 cm³/mol. The molecule has 0 radical (unpaired) electrons. The minimum absolute atomic E-state index is 0. The maximum Gasteiger partial charge on any atom is 0.241 e. The average molecular weight is 328 g/mol. The van der Waals surface area contributed by atoms with Crippen LogP contribution in [0.25, 0.3) is 5.69 Å². The standard InChI is InChI=1S/C14H18FN5O.ClH/c1-9(2)5-12(16)14(21)19-10-3-4-13(11(15)6-10)20-8-17-7-18-20;/h3-4,6-9,12H,5,16H2,1-2H3,(H,19,21);1H/t12-;/m0./s1. The third-order valence-electron chi connectivity index (χ3n) is 2.94. The Balaban J connectivity index is 0.00000242. The highest BCUT2D eigenvalue weighted by Gasteiger charge is 2.16. The molecule has 0 aliphatic rings. The number of nitrogens with zero attached hydrogens (tertiary/aromatic N) is 3. The highest BCUT2D eigenvalue weighted by molar-refractivity contribution is 5.94. The molecule has 2 aromatic rings. The number of benzene rings is 1. The number of carbonyl (C=O) groups excluding carboxylic acids is 1. The summed E-state index contributed by atoms with van der Waals surface area (Å²) in [5.74, 6) is -0.510. The van der Waals surface area contributed by atoms with Gasteiger partial charge in [0.25, 0.3) is 0 Å². The lowest BCUT2D eigenvalue weighted by Gasteiger charge is -2.14. The Morgan fingerprint density at radius 2 is 2.18 bits per heavy atom. The lowest BCUT2D eigenvalue weighted by Crippen LogP contribution is -2.36. The molecule has 22 heavy (non-hydrogen) atoms. The van der Waals surface area contributed by atoms with Gasteiger partial charge in [0.05, 0.1) is 6.04 Å². The summed E-state index contributed by atoms with van der Waals surface area (Å²) in [6, 6.07) is 3.74. The number of nitrogens with one attached hydrogen (secondary N) is 1. The largest absolute Gasteiger partial charge is 0.325 e. The highest BCUT2D eigenvalue weighted by atomic mass is 35.5. The Bertz CT molecular complexity index is 618. The Hall–Kier alpha value is -1.99. The predicted octanol–water partition coefficient (Wildman–Crippen LogP) is 2.14. The van der Waals surface area contributed by atoms with E-state index in [9.17, 15) is 9.18 Å². The molecule has 0 unspecified atom stereocenters. The topological polar surface area (TPSA) is 85.8 Å². The number of rotatable bonds is 5. The molecule has 0 bridgehead atoms. The molecule has 8 heteroatoms. The van der Waals surface area contributed by atoms with Crippen LogP contribution in [0.1, 0.15) is 20.3 Å². The van der Waals surface area contributed by atoms with Gasteiger partial charge in [-0.3, -0.25) is 4.79 Å². The van der Waals surface area contributed by atoms with Gasteiger partial charge in [-0.05, 0) is 30.5 Å². The fourth-order valence-electron chi connectivity index (χ4n) is 1.95. The molecule has 6 nitrogen and oxygen atoms in total. The van der Waals surface area contributed by atoms with Crippen LogP contribution in [0, 0.1) is 11.7 Å². The second-order valence-electron chi connectivity index (χ2n) is 5.23. The van der Waals surface area contributed by atoms with Gasteiger partial charge in [0.2, 0.25) is 5.91 Å². The summed E-state index contributed by atoms with van der Waals surface area (Å²) in [6.45, 7) is 3.97. The van der Waals surface area contributed by atoms with Crippen molar-refractivity contribution in [3.63, 3.8) is 0 Å². The van der Waals surface area contributed by atoms with E-state index in [1.807, 2.05) is 13.8 Å². The van der Waals surface area contributed by atoms with E-state index in [4.69, 9.17) is 5.73 Å². The summed E-state index contributed by atoms with van der Waals surface area (Å²) >= 11 is 0. The molecule has 0 fully saturated rings. The summed E-state index contributed by atoms with van der Waals surface area (Å²) in [7, 11) is 0. The van der Waals surface area contributed by atoms with Crippen molar-refractivity contribution < 1.29 is 9.18 Å². The molecule has 0 aliphatic heterocycles. The Morgan fingerprint density at radius 3 is 2.73 bits per heavy atom. The van der Waals surface area contributed by atoms with Gasteiger partial charge < -0.3 is 11.1 Å². The Labute approximate surface area is 134 Å². The number of hydrogen-bond donors (Lipinski definition) is 2. The molecule has 1 amide bonds. The number of aromatic nitrogens is 3. The summed E-state index contributed by atoms with van der Waals surface area (Å²) in [5.41, 5.74) is 6.41. The van der Waals surface area contributed by atoms with E-state index in [1.165, 1.54) is 29.5 Å². The number of hydrogen-bond acceptors (Lipinski definition) is 4. The monoisotopic (exact) mass is 327 g/mol. The van der Waals surface area contributed by atoms with E-state index in [1.54, 1.807) is 6.07 Å². The maximum absolute atomic E-state index is 14.0. The molecule has 1 aromatic carbocycles. The summed E-state index contributed by atoms with van der Waals surface area (Å²) in [5, 5.41) is 6.47. The van der Waals surface area contributed by atoms with Crippen molar-refractivity contribution in [3.8, 4) is 5.69 Å². The quantitative estimate of drug-likeness (QED) is 0.881. The molecular weight excluding hydrogens is 309 g/mol. The molecule has 0 spiro atoms. The zero-order valence-corrected chi connectivity index (χ0v) is 13.2. The van der Waals surface area contributed by atoms with Gasteiger partial charge in [-0.2, -0.15) is 5.10 Å². The van der Waals surface area contributed by atoms with E-state index in [0.29, 0.717) is 18.0 Å². The smallest absolute Gasteiger partial charge is 0.241 e. The van der Waals surface area contributed by atoms with Crippen LogP contribution in [0.3, 0.4) is 0 Å². The molecule has 0 saturated carbocycles. The minimum Gasteiger partial charge on any atom is -0.325 e. The van der Waals surface area contributed by atoms with Gasteiger partial charge in [0.1, 0.15) is 18.3 Å². The second kappa shape index (κ2) is 7.86. The summed E-state index contributed by atoms with van der Waals surface area (Å²) < 4.78 is 15.3. The molecule has 1 aromatic heterocycles. The molecule has 3 N–H and O–H groups in total. The number of carbonyl (C=O) groups is 1. The van der Waals surface area contributed by atoms with Crippen LogP contribution in [-0.2, 0) is 4.79 Å². The van der Waals surface area contributed by atoms with Crippen LogP contribution in [0.4, 0.5) is 10.1 Å². The Kier molecular flexibility index (Phi) is 6.45. The van der Waals surface area contributed by atoms with E-state index in [-0.39, 0.29) is 24.0 Å². The second-order valence-corrected chi connectivity index (χ2v) is 5.23. The highest BCUT2D eigenvalue weighted by Crippen LogP contribution is 2.17.